The molecule has 0 bridgehead atoms. The molecule has 1 aromatic carbocycles. The molecule has 1 amide bonds. The molecule has 15 heavy (non-hydrogen) atoms. The van der Waals surface area contributed by atoms with Crippen LogP contribution in [0.3, 0.4) is 0 Å². The van der Waals surface area contributed by atoms with Crippen LogP contribution in [-0.4, -0.2) is 17.6 Å². The lowest BCUT2D eigenvalue weighted by Gasteiger charge is -2.12. The zero-order valence-corrected chi connectivity index (χ0v) is 8.99. The number of carbonyl (C=O) groups is 1. The molecule has 0 aliphatic carbocycles. The topological polar surface area (TPSA) is 72.6 Å². The first-order valence-corrected chi connectivity index (χ1v) is 4.77. The van der Waals surface area contributed by atoms with Crippen LogP contribution in [0.1, 0.15) is 18.6 Å². The lowest BCUT2D eigenvalue weighted by atomic mass is 10.1. The van der Waals surface area contributed by atoms with Gasteiger partial charge in [-0.2, -0.15) is 0 Å². The second kappa shape index (κ2) is 5.00. The van der Waals surface area contributed by atoms with Crippen LogP contribution in [0.4, 0.5) is 0 Å². The molecule has 1 aromatic rings. The van der Waals surface area contributed by atoms with Crippen LogP contribution in [0.25, 0.3) is 0 Å². The summed E-state index contributed by atoms with van der Waals surface area (Å²) in [5.41, 5.74) is 5.48. The SMILES string of the molecule is CC(O)c1cc(Cl)ccc1OCC(N)=O. The molecule has 0 radical (unpaired) electrons. The van der Waals surface area contributed by atoms with E-state index in [-0.39, 0.29) is 6.61 Å². The highest BCUT2D eigenvalue weighted by Crippen LogP contribution is 2.28. The van der Waals surface area contributed by atoms with Gasteiger partial charge in [-0.15, -0.1) is 0 Å². The molecule has 82 valence electrons. The van der Waals surface area contributed by atoms with Crippen LogP contribution < -0.4 is 10.5 Å². The molecule has 0 aliphatic rings. The Morgan fingerprint density at radius 3 is 2.87 bits per heavy atom. The molecule has 0 saturated heterocycles. The fourth-order valence-corrected chi connectivity index (χ4v) is 1.31. The van der Waals surface area contributed by atoms with Crippen molar-refractivity contribution in [3.63, 3.8) is 0 Å². The van der Waals surface area contributed by atoms with E-state index in [1.54, 1.807) is 25.1 Å². The number of nitrogens with two attached hydrogens (primary N) is 1. The van der Waals surface area contributed by atoms with Gasteiger partial charge in [0.1, 0.15) is 5.75 Å². The van der Waals surface area contributed by atoms with Crippen molar-refractivity contribution in [1.29, 1.82) is 0 Å². The van der Waals surface area contributed by atoms with E-state index in [9.17, 15) is 9.90 Å². The second-order valence-corrected chi connectivity index (χ2v) is 3.55. The summed E-state index contributed by atoms with van der Waals surface area (Å²) in [6.07, 6.45) is -0.716. The number of halogens is 1. The Balaban J connectivity index is 2.90. The summed E-state index contributed by atoms with van der Waals surface area (Å²) in [4.78, 5) is 10.5. The average Bonchev–Trinajstić information content (AvgIpc) is 2.15. The Hall–Kier alpha value is -1.26. The molecule has 0 fully saturated rings. The second-order valence-electron chi connectivity index (χ2n) is 3.11. The molecule has 0 spiro atoms. The van der Waals surface area contributed by atoms with E-state index in [0.717, 1.165) is 0 Å². The largest absolute Gasteiger partial charge is 0.483 e. The molecule has 0 aliphatic heterocycles. The maximum atomic E-state index is 10.5. The van der Waals surface area contributed by atoms with Gasteiger partial charge in [-0.05, 0) is 25.1 Å². The van der Waals surface area contributed by atoms with E-state index in [4.69, 9.17) is 22.1 Å². The van der Waals surface area contributed by atoms with Gasteiger partial charge in [-0.3, -0.25) is 4.79 Å². The van der Waals surface area contributed by atoms with Crippen LogP contribution in [0.15, 0.2) is 18.2 Å². The predicted molar refractivity (Wildman–Crippen MR) is 56.8 cm³/mol. The smallest absolute Gasteiger partial charge is 0.255 e. The maximum absolute atomic E-state index is 10.5. The number of benzene rings is 1. The molecule has 1 rings (SSSR count). The maximum Gasteiger partial charge on any atom is 0.255 e. The molecular weight excluding hydrogens is 218 g/mol. The summed E-state index contributed by atoms with van der Waals surface area (Å²) in [6, 6.07) is 4.79. The first-order valence-electron chi connectivity index (χ1n) is 4.39. The van der Waals surface area contributed by atoms with Gasteiger partial charge < -0.3 is 15.6 Å². The monoisotopic (exact) mass is 229 g/mol. The summed E-state index contributed by atoms with van der Waals surface area (Å²) in [7, 11) is 0. The first kappa shape index (κ1) is 11.8. The molecule has 1 unspecified atom stereocenters. The number of ether oxygens (including phenoxy) is 1. The Labute approximate surface area is 92.6 Å². The highest BCUT2D eigenvalue weighted by Gasteiger charge is 2.10. The Morgan fingerprint density at radius 2 is 2.33 bits per heavy atom. The third-order valence-electron chi connectivity index (χ3n) is 1.79. The zero-order chi connectivity index (χ0) is 11.4. The van der Waals surface area contributed by atoms with Crippen molar-refractivity contribution in [2.75, 3.05) is 6.61 Å². The van der Waals surface area contributed by atoms with Crippen molar-refractivity contribution in [2.45, 2.75) is 13.0 Å². The van der Waals surface area contributed by atoms with Crippen molar-refractivity contribution >= 4 is 17.5 Å². The summed E-state index contributed by atoms with van der Waals surface area (Å²) in [5.74, 6) is -0.158. The number of primary amides is 1. The van der Waals surface area contributed by atoms with Crippen LogP contribution in [0.5, 0.6) is 5.75 Å². The minimum Gasteiger partial charge on any atom is -0.483 e. The van der Waals surface area contributed by atoms with E-state index in [1.807, 2.05) is 0 Å². The Bertz CT molecular complexity index is 366. The standard InChI is InChI=1S/C10H12ClNO3/c1-6(13)8-4-7(11)2-3-9(8)15-5-10(12)14/h2-4,6,13H,5H2,1H3,(H2,12,14). The van der Waals surface area contributed by atoms with E-state index >= 15 is 0 Å². The van der Waals surface area contributed by atoms with E-state index in [2.05, 4.69) is 0 Å². The number of carbonyl (C=O) groups excluding carboxylic acids is 1. The fraction of sp³-hybridized carbons (Fsp3) is 0.300. The highest BCUT2D eigenvalue weighted by molar-refractivity contribution is 6.30. The van der Waals surface area contributed by atoms with Gasteiger partial charge in [-0.1, -0.05) is 11.6 Å². The first-order chi connectivity index (χ1) is 7.00. The van der Waals surface area contributed by atoms with Gasteiger partial charge in [0.2, 0.25) is 0 Å². The highest BCUT2D eigenvalue weighted by atomic mass is 35.5. The van der Waals surface area contributed by atoms with Gasteiger partial charge in [0.25, 0.3) is 5.91 Å². The van der Waals surface area contributed by atoms with Crippen LogP contribution in [0.2, 0.25) is 5.02 Å². The van der Waals surface area contributed by atoms with Gasteiger partial charge >= 0.3 is 0 Å². The summed E-state index contributed by atoms with van der Waals surface area (Å²) < 4.78 is 5.12. The van der Waals surface area contributed by atoms with Crippen molar-refractivity contribution < 1.29 is 14.6 Å². The number of aliphatic hydroxyl groups is 1. The number of hydrogen-bond donors (Lipinski definition) is 2. The minimum atomic E-state index is -0.716. The van der Waals surface area contributed by atoms with Gasteiger partial charge in [0.15, 0.2) is 6.61 Å². The number of aliphatic hydroxyl groups excluding tert-OH is 1. The minimum absolute atomic E-state index is 0.221. The fourth-order valence-electron chi connectivity index (χ4n) is 1.13. The average molecular weight is 230 g/mol. The molecule has 1 atom stereocenters. The van der Waals surface area contributed by atoms with Crippen LogP contribution >= 0.6 is 11.6 Å². The quantitative estimate of drug-likeness (QED) is 0.816. The Kier molecular flexibility index (Phi) is 3.94. The van der Waals surface area contributed by atoms with Crippen molar-refractivity contribution in [2.24, 2.45) is 5.73 Å². The summed E-state index contributed by atoms with van der Waals surface area (Å²) >= 11 is 5.77. The third kappa shape index (κ3) is 3.42. The molecule has 3 N–H and O–H groups in total. The zero-order valence-electron chi connectivity index (χ0n) is 8.24. The van der Waals surface area contributed by atoms with E-state index < -0.39 is 12.0 Å². The lowest BCUT2D eigenvalue weighted by Crippen LogP contribution is -2.20. The number of rotatable bonds is 4. The molecular formula is C10H12ClNO3. The molecule has 4 nitrogen and oxygen atoms in total. The van der Waals surface area contributed by atoms with Gasteiger partial charge in [0, 0.05) is 10.6 Å². The van der Waals surface area contributed by atoms with Crippen molar-refractivity contribution in [1.82, 2.24) is 0 Å². The predicted octanol–water partition coefficient (Wildman–Crippen LogP) is 1.26. The van der Waals surface area contributed by atoms with Gasteiger partial charge in [0.05, 0.1) is 6.10 Å². The summed E-state index contributed by atoms with van der Waals surface area (Å²) in [5, 5.41) is 9.94. The summed E-state index contributed by atoms with van der Waals surface area (Å²) in [6.45, 7) is 1.37. The molecule has 5 heteroatoms. The molecule has 0 heterocycles. The van der Waals surface area contributed by atoms with Gasteiger partial charge in [-0.25, -0.2) is 0 Å². The van der Waals surface area contributed by atoms with Crippen molar-refractivity contribution in [3.05, 3.63) is 28.8 Å². The van der Waals surface area contributed by atoms with E-state index in [0.29, 0.717) is 16.3 Å². The Morgan fingerprint density at radius 1 is 1.67 bits per heavy atom. The van der Waals surface area contributed by atoms with Crippen LogP contribution in [0, 0.1) is 0 Å². The molecule has 0 aromatic heterocycles. The van der Waals surface area contributed by atoms with Crippen LogP contribution in [-0.2, 0) is 4.79 Å². The normalized spacial score (nSPS) is 12.2. The number of hydrogen-bond acceptors (Lipinski definition) is 3. The molecule has 0 saturated carbocycles. The van der Waals surface area contributed by atoms with E-state index in [1.165, 1.54) is 0 Å². The lowest BCUT2D eigenvalue weighted by molar-refractivity contribution is -0.119. The third-order valence-corrected chi connectivity index (χ3v) is 2.03. The number of amides is 1. The van der Waals surface area contributed by atoms with Crippen molar-refractivity contribution in [3.8, 4) is 5.75 Å².